The summed E-state index contributed by atoms with van der Waals surface area (Å²) in [6.07, 6.45) is 3.71. The minimum Gasteiger partial charge on any atom is -0.488 e. The van der Waals surface area contributed by atoms with Gasteiger partial charge in [-0.2, -0.15) is 5.10 Å². The van der Waals surface area contributed by atoms with Crippen molar-refractivity contribution in [1.82, 2.24) is 14.7 Å². The lowest BCUT2D eigenvalue weighted by molar-refractivity contribution is 0.0816. The van der Waals surface area contributed by atoms with Crippen LogP contribution in [0.15, 0.2) is 54.9 Å². The molecule has 26 heavy (non-hydrogen) atoms. The van der Waals surface area contributed by atoms with Crippen LogP contribution in [0, 0.1) is 0 Å². The molecule has 1 aliphatic heterocycles. The average molecular weight is 368 g/mol. The van der Waals surface area contributed by atoms with Crippen LogP contribution in [-0.2, 0) is 19.7 Å². The van der Waals surface area contributed by atoms with Crippen molar-refractivity contribution < 1.29 is 9.53 Å². The van der Waals surface area contributed by atoms with Crippen molar-refractivity contribution in [1.29, 1.82) is 0 Å². The fraction of sp³-hybridized carbons (Fsp3) is 0.200. The number of ether oxygens (including phenoxy) is 1. The fourth-order valence-corrected chi connectivity index (χ4v) is 3.30. The van der Waals surface area contributed by atoms with Crippen LogP contribution < -0.4 is 4.74 Å². The largest absolute Gasteiger partial charge is 0.488 e. The van der Waals surface area contributed by atoms with Gasteiger partial charge in [-0.05, 0) is 29.3 Å². The van der Waals surface area contributed by atoms with Gasteiger partial charge < -0.3 is 9.64 Å². The van der Waals surface area contributed by atoms with E-state index >= 15 is 0 Å². The first-order chi connectivity index (χ1) is 12.6. The molecule has 0 radical (unpaired) electrons. The highest BCUT2D eigenvalue weighted by atomic mass is 35.5. The van der Waals surface area contributed by atoms with Crippen LogP contribution in [0.2, 0.25) is 5.02 Å². The molecule has 1 aliphatic rings. The van der Waals surface area contributed by atoms with E-state index in [1.807, 2.05) is 29.1 Å². The van der Waals surface area contributed by atoms with E-state index in [4.69, 9.17) is 16.3 Å². The molecular weight excluding hydrogens is 350 g/mol. The number of amides is 1. The Morgan fingerprint density at radius 2 is 1.96 bits per heavy atom. The average Bonchev–Trinajstić information content (AvgIpc) is 3.24. The van der Waals surface area contributed by atoms with Crippen LogP contribution in [0.1, 0.15) is 27.0 Å². The molecule has 0 spiro atoms. The minimum atomic E-state index is -0.0182. The van der Waals surface area contributed by atoms with Gasteiger partial charge in [-0.1, -0.05) is 35.9 Å². The zero-order valence-electron chi connectivity index (χ0n) is 14.4. The fourth-order valence-electron chi connectivity index (χ4n) is 3.09. The van der Waals surface area contributed by atoms with Crippen LogP contribution in [-0.4, -0.2) is 27.6 Å². The zero-order valence-corrected chi connectivity index (χ0v) is 15.1. The third-order valence-electron chi connectivity index (χ3n) is 4.47. The van der Waals surface area contributed by atoms with Crippen LogP contribution in [0.5, 0.6) is 5.75 Å². The molecule has 0 atom stereocenters. The molecule has 0 bridgehead atoms. The Bertz CT molecular complexity index is 936. The van der Waals surface area contributed by atoms with Crippen molar-refractivity contribution in [2.75, 3.05) is 7.05 Å². The zero-order chi connectivity index (χ0) is 18.1. The van der Waals surface area contributed by atoms with Crippen molar-refractivity contribution >= 4 is 17.5 Å². The van der Waals surface area contributed by atoms with E-state index in [1.165, 1.54) is 5.56 Å². The van der Waals surface area contributed by atoms with E-state index in [0.29, 0.717) is 29.5 Å². The Kier molecular flexibility index (Phi) is 4.39. The van der Waals surface area contributed by atoms with E-state index in [2.05, 4.69) is 17.2 Å². The van der Waals surface area contributed by atoms with Crippen LogP contribution in [0.4, 0.5) is 0 Å². The number of nitrogens with zero attached hydrogens (tertiary/aromatic N) is 3. The SMILES string of the molecule is CN1Cc2c(OCc3ccc(Cn4cccn4)cc3)cc(Cl)cc2C1=O. The Morgan fingerprint density at radius 3 is 2.69 bits per heavy atom. The first-order valence-electron chi connectivity index (χ1n) is 8.36. The topological polar surface area (TPSA) is 47.4 Å². The molecule has 0 saturated carbocycles. The Hall–Kier alpha value is -2.79. The van der Waals surface area contributed by atoms with Crippen LogP contribution in [0.25, 0.3) is 0 Å². The summed E-state index contributed by atoms with van der Waals surface area (Å²) in [5.74, 6) is 0.654. The van der Waals surface area contributed by atoms with E-state index < -0.39 is 0 Å². The standard InChI is InChI=1S/C20H18ClN3O2/c1-23-12-18-17(20(23)25)9-16(21)10-19(18)26-13-15-5-3-14(4-6-15)11-24-8-2-7-22-24/h2-10H,11-13H2,1H3. The quantitative estimate of drug-likeness (QED) is 0.690. The molecule has 0 unspecified atom stereocenters. The number of benzene rings is 2. The monoisotopic (exact) mass is 367 g/mol. The molecular formula is C20H18ClN3O2. The second-order valence-electron chi connectivity index (χ2n) is 6.40. The third-order valence-corrected chi connectivity index (χ3v) is 4.69. The summed E-state index contributed by atoms with van der Waals surface area (Å²) in [5, 5.41) is 4.72. The summed E-state index contributed by atoms with van der Waals surface area (Å²) in [5.41, 5.74) is 3.76. The summed E-state index contributed by atoms with van der Waals surface area (Å²) in [4.78, 5) is 13.8. The number of hydrogen-bond donors (Lipinski definition) is 0. The molecule has 0 fully saturated rings. The lowest BCUT2D eigenvalue weighted by Gasteiger charge is -2.11. The van der Waals surface area contributed by atoms with Crippen molar-refractivity contribution in [2.45, 2.75) is 19.7 Å². The second-order valence-corrected chi connectivity index (χ2v) is 6.84. The van der Waals surface area contributed by atoms with Crippen LogP contribution >= 0.6 is 11.6 Å². The number of carbonyl (C=O) groups excluding carboxylic acids is 1. The van der Waals surface area contributed by atoms with Crippen LogP contribution in [0.3, 0.4) is 0 Å². The Morgan fingerprint density at radius 1 is 1.19 bits per heavy atom. The van der Waals surface area contributed by atoms with Gasteiger partial charge in [0, 0.05) is 35.6 Å². The van der Waals surface area contributed by atoms with Crippen molar-refractivity contribution in [3.05, 3.63) is 82.1 Å². The molecule has 6 heteroatoms. The molecule has 2 heterocycles. The van der Waals surface area contributed by atoms with Gasteiger partial charge in [-0.3, -0.25) is 9.48 Å². The van der Waals surface area contributed by atoms with Gasteiger partial charge in [-0.15, -0.1) is 0 Å². The molecule has 1 amide bonds. The normalized spacial score (nSPS) is 13.2. The molecule has 2 aromatic carbocycles. The highest BCUT2D eigenvalue weighted by Crippen LogP contribution is 2.34. The minimum absolute atomic E-state index is 0.0182. The molecule has 0 aliphatic carbocycles. The highest BCUT2D eigenvalue weighted by molar-refractivity contribution is 6.31. The summed E-state index contributed by atoms with van der Waals surface area (Å²) < 4.78 is 7.86. The molecule has 0 saturated heterocycles. The van der Waals surface area contributed by atoms with Crippen molar-refractivity contribution in [3.8, 4) is 5.75 Å². The molecule has 0 N–H and O–H groups in total. The van der Waals surface area contributed by atoms with Gasteiger partial charge in [0.1, 0.15) is 12.4 Å². The van der Waals surface area contributed by atoms with Crippen molar-refractivity contribution in [2.24, 2.45) is 0 Å². The lowest BCUT2D eigenvalue weighted by atomic mass is 10.1. The molecule has 5 nitrogen and oxygen atoms in total. The number of fused-ring (bicyclic) bond motifs is 1. The summed E-state index contributed by atoms with van der Waals surface area (Å²) in [6, 6.07) is 13.6. The summed E-state index contributed by atoms with van der Waals surface area (Å²) >= 11 is 6.15. The lowest BCUT2D eigenvalue weighted by Crippen LogP contribution is -2.17. The first kappa shape index (κ1) is 16.7. The van der Waals surface area contributed by atoms with E-state index in [0.717, 1.165) is 17.7 Å². The molecule has 3 aromatic rings. The number of rotatable bonds is 5. The summed E-state index contributed by atoms with van der Waals surface area (Å²) in [7, 11) is 1.78. The third kappa shape index (κ3) is 3.30. The van der Waals surface area contributed by atoms with Gasteiger partial charge >= 0.3 is 0 Å². The van der Waals surface area contributed by atoms with E-state index in [9.17, 15) is 4.79 Å². The van der Waals surface area contributed by atoms with Gasteiger partial charge in [0.15, 0.2) is 0 Å². The maximum atomic E-state index is 12.1. The van der Waals surface area contributed by atoms with E-state index in [-0.39, 0.29) is 5.91 Å². The maximum Gasteiger partial charge on any atom is 0.254 e. The second kappa shape index (κ2) is 6.84. The van der Waals surface area contributed by atoms with Gasteiger partial charge in [0.05, 0.1) is 13.1 Å². The van der Waals surface area contributed by atoms with Gasteiger partial charge in [-0.25, -0.2) is 0 Å². The van der Waals surface area contributed by atoms with Gasteiger partial charge in [0.25, 0.3) is 5.91 Å². The molecule has 132 valence electrons. The van der Waals surface area contributed by atoms with Crippen molar-refractivity contribution in [3.63, 3.8) is 0 Å². The summed E-state index contributed by atoms with van der Waals surface area (Å²) in [6.45, 7) is 1.71. The Balaban J connectivity index is 1.46. The van der Waals surface area contributed by atoms with Gasteiger partial charge in [0.2, 0.25) is 0 Å². The first-order valence-corrected chi connectivity index (χ1v) is 8.74. The highest BCUT2D eigenvalue weighted by Gasteiger charge is 2.28. The predicted molar refractivity (Wildman–Crippen MR) is 99.4 cm³/mol. The number of hydrogen-bond acceptors (Lipinski definition) is 3. The number of aromatic nitrogens is 2. The molecule has 4 rings (SSSR count). The Labute approximate surface area is 156 Å². The van der Waals surface area contributed by atoms with E-state index in [1.54, 1.807) is 30.3 Å². The number of carbonyl (C=O) groups is 1. The smallest absolute Gasteiger partial charge is 0.254 e. The molecule has 1 aromatic heterocycles. The predicted octanol–water partition coefficient (Wildman–Crippen LogP) is 3.75. The maximum absolute atomic E-state index is 12.1. The number of halogens is 1.